The summed E-state index contributed by atoms with van der Waals surface area (Å²) in [5, 5.41) is 2.57. The van der Waals surface area contributed by atoms with E-state index in [1.54, 1.807) is 0 Å². The summed E-state index contributed by atoms with van der Waals surface area (Å²) in [7, 11) is 0. The summed E-state index contributed by atoms with van der Waals surface area (Å²) in [4.78, 5) is 11.3. The molecular formula is C10H12BrFN2O2. The lowest BCUT2D eigenvalue weighted by Gasteiger charge is -2.06. The molecule has 0 aliphatic heterocycles. The predicted octanol–water partition coefficient (Wildman–Crippen LogP) is 1.50. The summed E-state index contributed by atoms with van der Waals surface area (Å²) in [6, 6.07) is 4.22. The molecule has 0 heterocycles. The molecular weight excluding hydrogens is 279 g/mol. The van der Waals surface area contributed by atoms with Gasteiger partial charge in [0.25, 0.3) is 0 Å². The van der Waals surface area contributed by atoms with Crippen molar-refractivity contribution in [1.82, 2.24) is 0 Å². The van der Waals surface area contributed by atoms with Gasteiger partial charge in [-0.1, -0.05) is 0 Å². The number of benzene rings is 1. The second-order valence-corrected chi connectivity index (χ2v) is 3.87. The minimum Gasteiger partial charge on any atom is -0.370 e. The van der Waals surface area contributed by atoms with Gasteiger partial charge in [-0.2, -0.15) is 0 Å². The zero-order valence-electron chi connectivity index (χ0n) is 8.50. The van der Waals surface area contributed by atoms with E-state index in [-0.39, 0.29) is 18.3 Å². The number of ether oxygens (including phenoxy) is 1. The van der Waals surface area contributed by atoms with Gasteiger partial charge in [-0.15, -0.1) is 0 Å². The van der Waals surface area contributed by atoms with E-state index in [9.17, 15) is 9.18 Å². The summed E-state index contributed by atoms with van der Waals surface area (Å²) >= 11 is 3.03. The van der Waals surface area contributed by atoms with Crippen LogP contribution in [0.2, 0.25) is 0 Å². The molecule has 16 heavy (non-hydrogen) atoms. The van der Waals surface area contributed by atoms with E-state index in [1.807, 2.05) is 0 Å². The molecule has 0 saturated heterocycles. The Morgan fingerprint density at radius 2 is 2.31 bits per heavy atom. The zero-order chi connectivity index (χ0) is 12.0. The molecule has 0 aliphatic rings. The monoisotopic (exact) mass is 290 g/mol. The zero-order valence-corrected chi connectivity index (χ0v) is 10.1. The highest BCUT2D eigenvalue weighted by Crippen LogP contribution is 2.19. The van der Waals surface area contributed by atoms with E-state index in [1.165, 1.54) is 18.2 Å². The quantitative estimate of drug-likeness (QED) is 0.808. The van der Waals surface area contributed by atoms with Crippen LogP contribution in [0.1, 0.15) is 0 Å². The van der Waals surface area contributed by atoms with Crippen molar-refractivity contribution in [2.75, 3.05) is 25.1 Å². The number of amides is 1. The van der Waals surface area contributed by atoms with Crippen molar-refractivity contribution < 1.29 is 13.9 Å². The van der Waals surface area contributed by atoms with E-state index in [4.69, 9.17) is 10.5 Å². The Morgan fingerprint density at radius 3 is 2.94 bits per heavy atom. The number of halogens is 2. The van der Waals surface area contributed by atoms with E-state index in [0.717, 1.165) is 0 Å². The highest BCUT2D eigenvalue weighted by atomic mass is 79.9. The Morgan fingerprint density at radius 1 is 1.56 bits per heavy atom. The molecule has 4 nitrogen and oxygen atoms in total. The summed E-state index contributed by atoms with van der Waals surface area (Å²) in [5.74, 6) is -0.677. The fourth-order valence-electron chi connectivity index (χ4n) is 1.02. The van der Waals surface area contributed by atoms with Gasteiger partial charge in [0.05, 0.1) is 11.1 Å². The lowest BCUT2D eigenvalue weighted by Crippen LogP contribution is -2.20. The van der Waals surface area contributed by atoms with Crippen LogP contribution >= 0.6 is 15.9 Å². The van der Waals surface area contributed by atoms with Crippen LogP contribution < -0.4 is 11.1 Å². The maximum Gasteiger partial charge on any atom is 0.250 e. The largest absolute Gasteiger partial charge is 0.370 e. The van der Waals surface area contributed by atoms with Crippen LogP contribution in [0.5, 0.6) is 0 Å². The van der Waals surface area contributed by atoms with Crippen LogP contribution in [0.3, 0.4) is 0 Å². The number of hydrogen-bond acceptors (Lipinski definition) is 3. The summed E-state index contributed by atoms with van der Waals surface area (Å²) in [6.07, 6.45) is 0. The Bertz CT molecular complexity index is 374. The molecule has 0 atom stereocenters. The van der Waals surface area contributed by atoms with E-state index >= 15 is 0 Å². The minimum absolute atomic E-state index is 0.0633. The van der Waals surface area contributed by atoms with Crippen LogP contribution in [0.4, 0.5) is 10.1 Å². The summed E-state index contributed by atoms with van der Waals surface area (Å²) in [5.41, 5.74) is 5.71. The van der Waals surface area contributed by atoms with Crippen molar-refractivity contribution in [3.63, 3.8) is 0 Å². The fraction of sp³-hybridized carbons (Fsp3) is 0.300. The first-order valence-corrected chi connectivity index (χ1v) is 5.45. The Balaban J connectivity index is 2.46. The summed E-state index contributed by atoms with van der Waals surface area (Å²) in [6.45, 7) is 0.641. The third kappa shape index (κ3) is 4.26. The van der Waals surface area contributed by atoms with Crippen molar-refractivity contribution in [2.24, 2.45) is 5.73 Å². The smallest absolute Gasteiger partial charge is 0.250 e. The summed E-state index contributed by atoms with van der Waals surface area (Å²) < 4.78 is 18.1. The standard InChI is InChI=1S/C10H12BrFN2O2/c11-8-5-7(1-2-9(8)12)14-10(15)6-16-4-3-13/h1-2,5H,3-4,6,13H2,(H,14,15). The molecule has 6 heteroatoms. The van der Waals surface area contributed by atoms with Gasteiger partial charge < -0.3 is 15.8 Å². The molecule has 1 amide bonds. The van der Waals surface area contributed by atoms with Crippen molar-refractivity contribution >= 4 is 27.5 Å². The van der Waals surface area contributed by atoms with Crippen LogP contribution in [-0.2, 0) is 9.53 Å². The molecule has 3 N–H and O–H groups in total. The van der Waals surface area contributed by atoms with Gasteiger partial charge in [0, 0.05) is 12.2 Å². The van der Waals surface area contributed by atoms with Gasteiger partial charge >= 0.3 is 0 Å². The maximum absolute atomic E-state index is 12.9. The first-order valence-electron chi connectivity index (χ1n) is 4.66. The number of carbonyl (C=O) groups is 1. The lowest BCUT2D eigenvalue weighted by molar-refractivity contribution is -0.120. The van der Waals surface area contributed by atoms with Gasteiger partial charge in [0.2, 0.25) is 5.91 Å². The fourth-order valence-corrected chi connectivity index (χ4v) is 1.40. The third-order valence-corrected chi connectivity index (χ3v) is 2.31. The van der Waals surface area contributed by atoms with Crippen molar-refractivity contribution in [2.45, 2.75) is 0 Å². The molecule has 0 spiro atoms. The lowest BCUT2D eigenvalue weighted by atomic mass is 10.3. The van der Waals surface area contributed by atoms with Gasteiger partial charge in [-0.05, 0) is 34.1 Å². The highest BCUT2D eigenvalue weighted by molar-refractivity contribution is 9.10. The first kappa shape index (κ1) is 13.1. The van der Waals surface area contributed by atoms with Gasteiger partial charge in [0.15, 0.2) is 0 Å². The molecule has 1 aromatic carbocycles. The number of nitrogens with two attached hydrogens (primary N) is 1. The molecule has 1 rings (SSSR count). The molecule has 0 radical (unpaired) electrons. The number of hydrogen-bond donors (Lipinski definition) is 2. The van der Waals surface area contributed by atoms with Gasteiger partial charge in [0.1, 0.15) is 12.4 Å². The molecule has 0 bridgehead atoms. The van der Waals surface area contributed by atoms with Gasteiger partial charge in [-0.25, -0.2) is 4.39 Å². The molecule has 88 valence electrons. The number of rotatable bonds is 5. The SMILES string of the molecule is NCCOCC(=O)Nc1ccc(F)c(Br)c1. The molecule has 0 fully saturated rings. The van der Waals surface area contributed by atoms with Crippen LogP contribution in [-0.4, -0.2) is 25.7 Å². The van der Waals surface area contributed by atoms with E-state index in [2.05, 4.69) is 21.2 Å². The number of anilines is 1. The Labute approximate surface area is 101 Å². The molecule has 0 aromatic heterocycles. The second-order valence-electron chi connectivity index (χ2n) is 3.02. The van der Waals surface area contributed by atoms with E-state index in [0.29, 0.717) is 23.3 Å². The Kier molecular flexibility index (Phi) is 5.37. The normalized spacial score (nSPS) is 10.2. The minimum atomic E-state index is -0.377. The second kappa shape index (κ2) is 6.57. The maximum atomic E-state index is 12.9. The average Bonchev–Trinajstić information content (AvgIpc) is 2.24. The topological polar surface area (TPSA) is 64.3 Å². The highest BCUT2D eigenvalue weighted by Gasteiger charge is 2.04. The molecule has 0 unspecified atom stereocenters. The molecule has 0 saturated carbocycles. The Hall–Kier alpha value is -0.980. The number of carbonyl (C=O) groups excluding carboxylic acids is 1. The first-order chi connectivity index (χ1) is 7.63. The average molecular weight is 291 g/mol. The van der Waals surface area contributed by atoms with Crippen LogP contribution in [0.25, 0.3) is 0 Å². The van der Waals surface area contributed by atoms with Gasteiger partial charge in [-0.3, -0.25) is 4.79 Å². The van der Waals surface area contributed by atoms with Crippen molar-refractivity contribution in [3.8, 4) is 0 Å². The van der Waals surface area contributed by atoms with Crippen molar-refractivity contribution in [3.05, 3.63) is 28.5 Å². The molecule has 0 aliphatic carbocycles. The van der Waals surface area contributed by atoms with Crippen LogP contribution in [0.15, 0.2) is 22.7 Å². The predicted molar refractivity (Wildman–Crippen MR) is 62.6 cm³/mol. The number of nitrogens with one attached hydrogen (secondary N) is 1. The third-order valence-electron chi connectivity index (χ3n) is 1.70. The van der Waals surface area contributed by atoms with E-state index < -0.39 is 0 Å². The van der Waals surface area contributed by atoms with Crippen LogP contribution in [0, 0.1) is 5.82 Å². The van der Waals surface area contributed by atoms with Crippen molar-refractivity contribution in [1.29, 1.82) is 0 Å². The molecule has 1 aromatic rings.